The van der Waals surface area contributed by atoms with Gasteiger partial charge in [0.05, 0.1) is 23.7 Å². The number of nitrogens with zero attached hydrogens (tertiary/aromatic N) is 1. The van der Waals surface area contributed by atoms with E-state index in [9.17, 15) is 18.0 Å². The number of rotatable bonds is 6. The van der Waals surface area contributed by atoms with Gasteiger partial charge >= 0.3 is 5.97 Å². The van der Waals surface area contributed by atoms with Crippen LogP contribution in [0.2, 0.25) is 5.02 Å². The number of aryl methyl sites for hydroxylation is 1. The maximum Gasteiger partial charge on any atom is 0.338 e. The highest BCUT2D eigenvalue weighted by Gasteiger charge is 2.26. The highest BCUT2D eigenvalue weighted by molar-refractivity contribution is 7.89. The summed E-state index contributed by atoms with van der Waals surface area (Å²) in [6.07, 6.45) is 0. The van der Waals surface area contributed by atoms with Gasteiger partial charge in [0.1, 0.15) is 0 Å². The van der Waals surface area contributed by atoms with Gasteiger partial charge in [-0.2, -0.15) is 4.31 Å². The fraction of sp³-hybridized carbons (Fsp3) is 0.300. The molecule has 1 saturated heterocycles. The van der Waals surface area contributed by atoms with Crippen molar-refractivity contribution in [3.8, 4) is 0 Å². The number of halogens is 1. The van der Waals surface area contributed by atoms with Gasteiger partial charge in [0.15, 0.2) is 6.61 Å². The molecule has 1 aliphatic heterocycles. The van der Waals surface area contributed by atoms with Crippen molar-refractivity contribution >= 4 is 39.2 Å². The molecule has 0 unspecified atom stereocenters. The highest BCUT2D eigenvalue weighted by Crippen LogP contribution is 2.20. The minimum Gasteiger partial charge on any atom is -0.452 e. The summed E-state index contributed by atoms with van der Waals surface area (Å²) in [5.41, 5.74) is 1.51. The number of carbonyl (C=O) groups is 2. The number of benzene rings is 2. The van der Waals surface area contributed by atoms with Crippen LogP contribution in [0, 0.1) is 6.92 Å². The van der Waals surface area contributed by atoms with Crippen LogP contribution in [0.25, 0.3) is 0 Å². The maximum atomic E-state index is 12.6. The van der Waals surface area contributed by atoms with Gasteiger partial charge in [0, 0.05) is 23.8 Å². The second-order valence-electron chi connectivity index (χ2n) is 6.63. The summed E-state index contributed by atoms with van der Waals surface area (Å²) in [5, 5.41) is 3.10. The van der Waals surface area contributed by atoms with E-state index in [1.807, 2.05) is 6.92 Å². The number of sulfonamides is 1. The molecular formula is C20H21ClN2O6S. The van der Waals surface area contributed by atoms with Crippen LogP contribution in [0.5, 0.6) is 0 Å². The number of esters is 1. The molecule has 3 rings (SSSR count). The molecule has 2 aromatic rings. The molecule has 0 atom stereocenters. The van der Waals surface area contributed by atoms with Crippen molar-refractivity contribution in [1.82, 2.24) is 4.31 Å². The summed E-state index contributed by atoms with van der Waals surface area (Å²) in [7, 11) is -3.65. The van der Waals surface area contributed by atoms with E-state index in [1.54, 1.807) is 18.2 Å². The summed E-state index contributed by atoms with van der Waals surface area (Å²) >= 11 is 6.01. The predicted octanol–water partition coefficient (Wildman–Crippen LogP) is 2.46. The average molecular weight is 453 g/mol. The Bertz CT molecular complexity index is 1030. The lowest BCUT2D eigenvalue weighted by Crippen LogP contribution is -2.40. The number of hydrogen-bond acceptors (Lipinski definition) is 6. The van der Waals surface area contributed by atoms with Gasteiger partial charge < -0.3 is 14.8 Å². The summed E-state index contributed by atoms with van der Waals surface area (Å²) < 4.78 is 36.7. The molecule has 1 N–H and O–H groups in total. The minimum absolute atomic E-state index is 0.0787. The molecular weight excluding hydrogens is 432 g/mol. The van der Waals surface area contributed by atoms with Crippen LogP contribution in [0.1, 0.15) is 15.9 Å². The number of carbonyl (C=O) groups excluding carboxylic acids is 2. The molecule has 0 spiro atoms. The highest BCUT2D eigenvalue weighted by atomic mass is 35.5. The van der Waals surface area contributed by atoms with Crippen molar-refractivity contribution in [2.45, 2.75) is 11.8 Å². The molecule has 1 aliphatic rings. The lowest BCUT2D eigenvalue weighted by Gasteiger charge is -2.26. The van der Waals surface area contributed by atoms with E-state index in [4.69, 9.17) is 21.1 Å². The lowest BCUT2D eigenvalue weighted by molar-refractivity contribution is -0.119. The van der Waals surface area contributed by atoms with Crippen molar-refractivity contribution < 1.29 is 27.5 Å². The van der Waals surface area contributed by atoms with Crippen LogP contribution in [0.3, 0.4) is 0 Å². The summed E-state index contributed by atoms with van der Waals surface area (Å²) in [6, 6.07) is 10.4. The van der Waals surface area contributed by atoms with Crippen molar-refractivity contribution in [2.24, 2.45) is 0 Å². The van der Waals surface area contributed by atoms with E-state index >= 15 is 0 Å². The zero-order chi connectivity index (χ0) is 21.7. The molecule has 8 nitrogen and oxygen atoms in total. The van der Waals surface area contributed by atoms with Crippen LogP contribution >= 0.6 is 11.6 Å². The third kappa shape index (κ3) is 5.37. The number of ether oxygens (including phenoxy) is 2. The van der Waals surface area contributed by atoms with Crippen LogP contribution < -0.4 is 5.32 Å². The van der Waals surface area contributed by atoms with Gasteiger partial charge in [-0.1, -0.05) is 17.7 Å². The van der Waals surface area contributed by atoms with Crippen LogP contribution in [-0.4, -0.2) is 57.5 Å². The quantitative estimate of drug-likeness (QED) is 0.675. The Kier molecular flexibility index (Phi) is 7.09. The van der Waals surface area contributed by atoms with Gasteiger partial charge in [-0.15, -0.1) is 0 Å². The third-order valence-electron chi connectivity index (χ3n) is 4.49. The number of anilines is 1. The molecule has 10 heteroatoms. The van der Waals surface area contributed by atoms with Gasteiger partial charge in [0.25, 0.3) is 5.91 Å². The SMILES string of the molecule is Cc1ccc(NC(=O)COC(=O)c2ccc(S(=O)(=O)N3CCOCC3)cc2)cc1Cl. The van der Waals surface area contributed by atoms with Crippen LogP contribution in [0.4, 0.5) is 5.69 Å². The fourth-order valence-electron chi connectivity index (χ4n) is 2.78. The Hall–Kier alpha value is -2.46. The Morgan fingerprint density at radius 2 is 1.80 bits per heavy atom. The first-order valence-electron chi connectivity index (χ1n) is 9.18. The van der Waals surface area contributed by atoms with Gasteiger partial charge in [-0.3, -0.25) is 4.79 Å². The first kappa shape index (κ1) is 22.2. The van der Waals surface area contributed by atoms with Crippen LogP contribution in [-0.2, 0) is 24.3 Å². The Labute approximate surface area is 179 Å². The predicted molar refractivity (Wildman–Crippen MR) is 111 cm³/mol. The maximum absolute atomic E-state index is 12.6. The van der Waals surface area contributed by atoms with E-state index in [2.05, 4.69) is 5.32 Å². The Balaban J connectivity index is 1.56. The van der Waals surface area contributed by atoms with Crippen LogP contribution in [0.15, 0.2) is 47.4 Å². The molecule has 1 fully saturated rings. The molecule has 0 aliphatic carbocycles. The molecule has 2 aromatic carbocycles. The number of hydrogen-bond donors (Lipinski definition) is 1. The Morgan fingerprint density at radius 1 is 1.13 bits per heavy atom. The zero-order valence-electron chi connectivity index (χ0n) is 16.3. The normalized spacial score (nSPS) is 14.9. The molecule has 1 amide bonds. The van der Waals surface area contributed by atoms with E-state index in [0.29, 0.717) is 23.9 Å². The molecule has 160 valence electrons. The summed E-state index contributed by atoms with van der Waals surface area (Å²) in [6.45, 7) is 2.62. The van der Waals surface area contributed by atoms with Crippen molar-refractivity contribution in [1.29, 1.82) is 0 Å². The molecule has 0 radical (unpaired) electrons. The second-order valence-corrected chi connectivity index (χ2v) is 8.97. The molecule has 1 heterocycles. The van der Waals surface area contributed by atoms with E-state index in [0.717, 1.165) is 5.56 Å². The number of amides is 1. The Morgan fingerprint density at radius 3 is 2.43 bits per heavy atom. The van der Waals surface area contributed by atoms with E-state index in [-0.39, 0.29) is 23.5 Å². The lowest BCUT2D eigenvalue weighted by atomic mass is 10.2. The third-order valence-corrected chi connectivity index (χ3v) is 6.81. The van der Waals surface area contributed by atoms with E-state index in [1.165, 1.54) is 28.6 Å². The van der Waals surface area contributed by atoms with E-state index < -0.39 is 28.5 Å². The number of morpholine rings is 1. The largest absolute Gasteiger partial charge is 0.452 e. The smallest absolute Gasteiger partial charge is 0.338 e. The van der Waals surface area contributed by atoms with Crippen molar-refractivity contribution in [3.05, 3.63) is 58.6 Å². The fourth-order valence-corrected chi connectivity index (χ4v) is 4.37. The monoisotopic (exact) mass is 452 g/mol. The molecule has 0 saturated carbocycles. The van der Waals surface area contributed by atoms with Crippen molar-refractivity contribution in [2.75, 3.05) is 38.2 Å². The molecule has 0 aromatic heterocycles. The topological polar surface area (TPSA) is 102 Å². The second kappa shape index (κ2) is 9.57. The zero-order valence-corrected chi connectivity index (χ0v) is 17.8. The first-order valence-corrected chi connectivity index (χ1v) is 11.0. The van der Waals surface area contributed by atoms with Crippen molar-refractivity contribution in [3.63, 3.8) is 0 Å². The van der Waals surface area contributed by atoms with Gasteiger partial charge in [0.2, 0.25) is 10.0 Å². The molecule has 30 heavy (non-hydrogen) atoms. The minimum atomic E-state index is -3.65. The van der Waals surface area contributed by atoms with Gasteiger partial charge in [-0.25, -0.2) is 13.2 Å². The van der Waals surface area contributed by atoms with Gasteiger partial charge in [-0.05, 0) is 48.9 Å². The summed E-state index contributed by atoms with van der Waals surface area (Å²) in [4.78, 5) is 24.2. The summed E-state index contributed by atoms with van der Waals surface area (Å²) in [5.74, 6) is -1.25. The average Bonchev–Trinajstić information content (AvgIpc) is 2.75. The number of nitrogens with one attached hydrogen (secondary N) is 1. The molecule has 0 bridgehead atoms. The standard InChI is InChI=1S/C20H21ClN2O6S/c1-14-2-5-16(12-18(14)21)22-19(24)13-29-20(25)15-3-6-17(7-4-15)30(26,27)23-8-10-28-11-9-23/h2-7,12H,8-11,13H2,1H3,(H,22,24). The first-order chi connectivity index (χ1) is 14.3.